The largest absolute Gasteiger partial charge is 0.434 e. The van der Waals surface area contributed by atoms with Crippen LogP contribution in [0.2, 0.25) is 0 Å². The van der Waals surface area contributed by atoms with Gasteiger partial charge in [-0.25, -0.2) is 13.4 Å². The van der Waals surface area contributed by atoms with E-state index in [0.717, 1.165) is 16.7 Å². The molecule has 2 heterocycles. The van der Waals surface area contributed by atoms with Crippen molar-refractivity contribution in [2.45, 2.75) is 62.1 Å². The van der Waals surface area contributed by atoms with E-state index < -0.39 is 46.3 Å². The van der Waals surface area contributed by atoms with E-state index in [0.29, 0.717) is 24.2 Å². The molecule has 1 aromatic heterocycles. The van der Waals surface area contributed by atoms with Gasteiger partial charge in [-0.1, -0.05) is 19.1 Å². The lowest BCUT2D eigenvalue weighted by Gasteiger charge is -2.26. The molecule has 1 saturated heterocycles. The Morgan fingerprint density at radius 3 is 2.44 bits per heavy atom. The van der Waals surface area contributed by atoms with Crippen molar-refractivity contribution in [1.29, 1.82) is 5.26 Å². The van der Waals surface area contributed by atoms with Gasteiger partial charge in [0, 0.05) is 35.8 Å². The zero-order chi connectivity index (χ0) is 32.8. The first-order valence-electron chi connectivity index (χ1n) is 13.8. The van der Waals surface area contributed by atoms with Gasteiger partial charge in [-0.2, -0.15) is 27.2 Å². The average Bonchev–Trinajstić information content (AvgIpc) is 3.66. The van der Waals surface area contributed by atoms with Crippen LogP contribution in [0.25, 0.3) is 0 Å². The van der Waals surface area contributed by atoms with E-state index in [1.54, 1.807) is 36.4 Å². The predicted molar refractivity (Wildman–Crippen MR) is 156 cm³/mol. The summed E-state index contributed by atoms with van der Waals surface area (Å²) in [4.78, 5) is 18.6. The third-order valence-electron chi connectivity index (χ3n) is 7.30. The van der Waals surface area contributed by atoms with Gasteiger partial charge in [0.15, 0.2) is 15.5 Å². The summed E-state index contributed by atoms with van der Waals surface area (Å²) >= 11 is 0.873. The van der Waals surface area contributed by atoms with Gasteiger partial charge in [0.2, 0.25) is 0 Å². The Kier molecular flexibility index (Phi) is 11.1. The van der Waals surface area contributed by atoms with Gasteiger partial charge in [-0.3, -0.25) is 4.79 Å². The van der Waals surface area contributed by atoms with Crippen molar-refractivity contribution in [1.82, 2.24) is 15.6 Å². The maximum Gasteiger partial charge on any atom is 0.434 e. The maximum absolute atomic E-state index is 13.1. The van der Waals surface area contributed by atoms with E-state index in [1.807, 2.05) is 11.0 Å². The molecule has 3 atom stereocenters. The van der Waals surface area contributed by atoms with Crippen LogP contribution in [0.4, 0.5) is 27.6 Å². The summed E-state index contributed by atoms with van der Waals surface area (Å²) in [6, 6.07) is 12.9. The van der Waals surface area contributed by atoms with Crippen LogP contribution in [0, 0.1) is 11.3 Å². The average molecular weight is 672 g/mol. The van der Waals surface area contributed by atoms with Crippen molar-refractivity contribution in [2.75, 3.05) is 23.8 Å². The minimum Gasteiger partial charge on any atom is -0.365 e. The lowest BCUT2D eigenvalue weighted by Crippen LogP contribution is -2.35. The number of aromatic nitrogens is 1. The second-order valence-electron chi connectivity index (χ2n) is 10.2. The van der Waals surface area contributed by atoms with Crippen LogP contribution in [0.5, 0.6) is 0 Å². The minimum atomic E-state index is -4.54. The summed E-state index contributed by atoms with van der Waals surface area (Å²) in [5.41, 5.74) is 0.476. The van der Waals surface area contributed by atoms with E-state index >= 15 is 0 Å². The molecule has 0 aliphatic carbocycles. The molecule has 1 fully saturated rings. The molecule has 0 saturated carbocycles. The smallest absolute Gasteiger partial charge is 0.365 e. The van der Waals surface area contributed by atoms with Crippen molar-refractivity contribution >= 4 is 32.8 Å². The molecule has 2 aromatic carbocycles. The molecule has 3 aromatic rings. The van der Waals surface area contributed by atoms with Crippen LogP contribution >= 0.6 is 11.3 Å². The number of nitrogens with one attached hydrogen (secondary N) is 2. The highest BCUT2D eigenvalue weighted by Gasteiger charge is 2.35. The summed E-state index contributed by atoms with van der Waals surface area (Å²) in [6.45, 7) is -1.32. The van der Waals surface area contributed by atoms with E-state index in [1.165, 1.54) is 19.1 Å². The van der Waals surface area contributed by atoms with Crippen LogP contribution in [0.3, 0.4) is 0 Å². The Morgan fingerprint density at radius 2 is 1.87 bits per heavy atom. The van der Waals surface area contributed by atoms with E-state index in [2.05, 4.69) is 20.4 Å². The summed E-state index contributed by atoms with van der Waals surface area (Å²) in [5.74, 6) is -0.541. The molecule has 242 valence electrons. The van der Waals surface area contributed by atoms with E-state index in [4.69, 9.17) is 0 Å². The van der Waals surface area contributed by atoms with Gasteiger partial charge in [0.1, 0.15) is 5.01 Å². The standard InChI is InChI=1S/C29H30F5N5O4S2/c1-2-45(41,42)23-9-5-18(6-10-23)24(11-12-35)37-27(40)19-3-7-21(8-4-19)39-15-20(13-22(39)16-43-28(30)31)36-14-26-38-25(17-44-26)29(32,33)34/h3-10,17,20,22,24,28,36H,2,11,13-16H2,1H3,(H,37,40)/t20-,22-,24-/m0/s1. The number of thiazole rings is 1. The molecule has 9 nitrogen and oxygen atoms in total. The fraction of sp³-hybridized carbons (Fsp3) is 0.414. The molecule has 0 bridgehead atoms. The molecular weight excluding hydrogens is 641 g/mol. The van der Waals surface area contributed by atoms with Crippen LogP contribution in [-0.2, 0) is 27.3 Å². The first kappa shape index (κ1) is 34.2. The number of alkyl halides is 5. The van der Waals surface area contributed by atoms with Crippen molar-refractivity contribution in [3.63, 3.8) is 0 Å². The number of anilines is 1. The molecular formula is C29H30F5N5O4S2. The Bertz CT molecular complexity index is 1590. The predicted octanol–water partition coefficient (Wildman–Crippen LogP) is 5.32. The first-order valence-corrected chi connectivity index (χ1v) is 16.4. The highest BCUT2D eigenvalue weighted by atomic mass is 32.2. The van der Waals surface area contributed by atoms with Crippen LogP contribution in [0.1, 0.15) is 52.4 Å². The molecule has 4 rings (SSSR count). The van der Waals surface area contributed by atoms with Gasteiger partial charge >= 0.3 is 12.8 Å². The van der Waals surface area contributed by atoms with Crippen LogP contribution in [0.15, 0.2) is 58.8 Å². The lowest BCUT2D eigenvalue weighted by atomic mass is 10.0. The van der Waals surface area contributed by atoms with Gasteiger partial charge in [-0.15, -0.1) is 11.3 Å². The topological polar surface area (TPSA) is 124 Å². The molecule has 0 spiro atoms. The Morgan fingerprint density at radius 1 is 1.18 bits per heavy atom. The molecule has 1 aliphatic heterocycles. The first-order chi connectivity index (χ1) is 21.3. The number of hydrogen-bond donors (Lipinski definition) is 2. The zero-order valence-corrected chi connectivity index (χ0v) is 25.6. The summed E-state index contributed by atoms with van der Waals surface area (Å²) in [5, 5.41) is 16.4. The molecule has 0 unspecified atom stereocenters. The third-order valence-corrected chi connectivity index (χ3v) is 9.90. The molecule has 0 radical (unpaired) electrons. The number of sulfone groups is 1. The number of rotatable bonds is 13. The number of hydrogen-bond acceptors (Lipinski definition) is 9. The van der Waals surface area contributed by atoms with Gasteiger partial charge in [0.25, 0.3) is 5.91 Å². The van der Waals surface area contributed by atoms with E-state index in [-0.39, 0.29) is 46.8 Å². The molecule has 16 heteroatoms. The van der Waals surface area contributed by atoms with Crippen molar-refractivity contribution in [2.24, 2.45) is 0 Å². The number of carbonyl (C=O) groups excluding carboxylic acids is 1. The second kappa shape index (κ2) is 14.6. The highest BCUT2D eigenvalue weighted by molar-refractivity contribution is 7.91. The Hall–Kier alpha value is -3.65. The fourth-order valence-corrected chi connectivity index (χ4v) is 6.58. The van der Waals surface area contributed by atoms with Crippen molar-refractivity contribution in [3.8, 4) is 6.07 Å². The number of amides is 1. The lowest BCUT2D eigenvalue weighted by molar-refractivity contribution is -0.140. The number of carbonyl (C=O) groups is 1. The van der Waals surface area contributed by atoms with Crippen molar-refractivity contribution in [3.05, 3.63) is 75.7 Å². The summed E-state index contributed by atoms with van der Waals surface area (Å²) in [6.07, 6.45) is -4.22. The van der Waals surface area contributed by atoms with Gasteiger partial charge in [0.05, 0.1) is 41.8 Å². The van der Waals surface area contributed by atoms with E-state index in [9.17, 15) is 40.4 Å². The molecule has 1 amide bonds. The molecule has 1 aliphatic rings. The van der Waals surface area contributed by atoms with Gasteiger partial charge in [-0.05, 0) is 48.4 Å². The second-order valence-corrected chi connectivity index (χ2v) is 13.5. The zero-order valence-electron chi connectivity index (χ0n) is 23.9. The van der Waals surface area contributed by atoms with Gasteiger partial charge < -0.3 is 20.3 Å². The quantitative estimate of drug-likeness (QED) is 0.234. The number of nitriles is 1. The van der Waals surface area contributed by atoms with Crippen LogP contribution in [-0.4, -0.2) is 56.9 Å². The number of ether oxygens (including phenoxy) is 1. The maximum atomic E-state index is 13.1. The number of halogens is 5. The normalized spacial score (nSPS) is 17.8. The van der Waals surface area contributed by atoms with Crippen molar-refractivity contribution < 1.29 is 39.9 Å². The SMILES string of the molecule is CCS(=O)(=O)c1ccc([C@H](CC#N)NC(=O)c2ccc(N3C[C@@H](NCc4nc(C(F)(F)F)cs4)C[C@H]3COC(F)F)cc2)cc1. The minimum absolute atomic E-state index is 0.0593. The third kappa shape index (κ3) is 8.97. The fourth-order valence-electron chi connectivity index (χ4n) is 4.94. The molecule has 2 N–H and O–H groups in total. The monoisotopic (exact) mass is 671 g/mol. The Balaban J connectivity index is 1.43. The number of nitrogens with zero attached hydrogens (tertiary/aromatic N) is 3. The summed E-state index contributed by atoms with van der Waals surface area (Å²) in [7, 11) is -3.41. The highest BCUT2D eigenvalue weighted by Crippen LogP contribution is 2.31. The van der Waals surface area contributed by atoms with Crippen LogP contribution < -0.4 is 15.5 Å². The Labute approximate surface area is 260 Å². The number of benzene rings is 2. The summed E-state index contributed by atoms with van der Waals surface area (Å²) < 4.78 is 93.1. The molecule has 45 heavy (non-hydrogen) atoms.